The van der Waals surface area contributed by atoms with Gasteiger partial charge in [-0.15, -0.1) is 5.10 Å². The van der Waals surface area contributed by atoms with Crippen molar-refractivity contribution >= 4 is 29.6 Å². The van der Waals surface area contributed by atoms with E-state index < -0.39 is 59.9 Å². The van der Waals surface area contributed by atoms with Gasteiger partial charge in [-0.05, 0) is 55.6 Å². The maximum atomic E-state index is 14.6. The van der Waals surface area contributed by atoms with Crippen molar-refractivity contribution in [3.05, 3.63) is 114 Å². The first-order valence-electron chi connectivity index (χ1n) is 18.4. The van der Waals surface area contributed by atoms with Crippen molar-refractivity contribution in [3.63, 3.8) is 0 Å². The number of carbonyl (C=O) groups excluding carboxylic acids is 4. The molecule has 0 aliphatic carbocycles. The average Bonchev–Trinajstić information content (AvgIpc) is 3.86. The minimum atomic E-state index is -1.29. The van der Waals surface area contributed by atoms with E-state index in [4.69, 9.17) is 4.74 Å². The van der Waals surface area contributed by atoms with Crippen molar-refractivity contribution in [1.29, 1.82) is 0 Å². The molecule has 0 spiro atoms. The number of nitrogens with one attached hydrogen (secondary N) is 4. The third kappa shape index (κ3) is 9.92. The molecule has 15 heteroatoms. The van der Waals surface area contributed by atoms with Crippen LogP contribution in [-0.2, 0) is 49.8 Å². The van der Waals surface area contributed by atoms with Crippen molar-refractivity contribution < 1.29 is 33.8 Å². The zero-order valence-corrected chi connectivity index (χ0v) is 30.8. The Labute approximate surface area is 318 Å². The number of hydrogen-bond acceptors (Lipinski definition) is 9. The van der Waals surface area contributed by atoms with Crippen molar-refractivity contribution in [2.45, 2.75) is 81.9 Å². The first-order valence-corrected chi connectivity index (χ1v) is 18.4. The SMILES string of the molecule is CNC(C)C(=O)NC(Cc1ccccc1)C(=O)N1CC2CC1C(=O)NC(CCc1ccccc1)C(=O)NC(C(=O)O)Cc1ccc(cc1)OCc1cn2nn1. The van der Waals surface area contributed by atoms with E-state index in [1.807, 2.05) is 60.7 Å². The standard InChI is InChI=1S/C40H46N8O7/c1-25(41-2)36(49)43-33(19-27-11-7-4-8-12-27)39(52)47-23-30-21-35(47)38(51)42-32(18-15-26-9-5-3-6-10-26)37(50)44-34(40(53)54)20-28-13-16-31(17-14-28)55-24-29-22-48(30)46-45-29/h3-14,16-17,22,25,30,32-35,41H,15,18-21,23-24H2,1-2H3,(H,42,51)(H,43,49)(H,44,50)(H,53,54). The molecule has 6 bridgehead atoms. The van der Waals surface area contributed by atoms with Gasteiger partial charge >= 0.3 is 5.97 Å². The highest BCUT2D eigenvalue weighted by Gasteiger charge is 2.44. The molecule has 6 unspecified atom stereocenters. The van der Waals surface area contributed by atoms with Crippen LogP contribution in [0.1, 0.15) is 48.2 Å². The van der Waals surface area contributed by atoms with Crippen LogP contribution in [0.4, 0.5) is 0 Å². The van der Waals surface area contributed by atoms with Crippen molar-refractivity contribution in [2.75, 3.05) is 13.6 Å². The van der Waals surface area contributed by atoms with Gasteiger partial charge in [0, 0.05) is 25.8 Å². The van der Waals surface area contributed by atoms with E-state index >= 15 is 0 Å². The molecule has 7 rings (SSSR count). The number of fused-ring (bicyclic) bond motifs is 9. The number of rotatable bonds is 10. The van der Waals surface area contributed by atoms with Crippen LogP contribution < -0.4 is 26.0 Å². The molecular formula is C40H46N8O7. The lowest BCUT2D eigenvalue weighted by Gasteiger charge is -2.30. The maximum absolute atomic E-state index is 14.6. The quantitative estimate of drug-likeness (QED) is 0.159. The van der Waals surface area contributed by atoms with Crippen molar-refractivity contribution in [2.24, 2.45) is 0 Å². The summed E-state index contributed by atoms with van der Waals surface area (Å²) < 4.78 is 7.53. The first kappa shape index (κ1) is 38.6. The zero-order chi connectivity index (χ0) is 38.9. The Kier molecular flexibility index (Phi) is 12.5. The lowest BCUT2D eigenvalue weighted by Crippen LogP contribution is -2.58. The second kappa shape index (κ2) is 17.8. The van der Waals surface area contributed by atoms with Crippen LogP contribution in [-0.4, -0.2) is 98.4 Å². The van der Waals surface area contributed by atoms with E-state index in [1.165, 1.54) is 4.90 Å². The Bertz CT molecular complexity index is 1960. The number of likely N-dealkylation sites (N-methyl/N-ethyl adjacent to an activating group) is 1. The normalized spacial score (nSPS) is 21.2. The summed E-state index contributed by atoms with van der Waals surface area (Å²) in [4.78, 5) is 70.0. The van der Waals surface area contributed by atoms with Gasteiger partial charge in [-0.25, -0.2) is 9.48 Å². The number of aryl methyl sites for hydroxylation is 1. The van der Waals surface area contributed by atoms with Crippen molar-refractivity contribution in [3.8, 4) is 5.75 Å². The Morgan fingerprint density at radius 2 is 1.64 bits per heavy atom. The number of carbonyl (C=O) groups is 5. The van der Waals surface area contributed by atoms with Gasteiger partial charge in [0.1, 0.15) is 42.2 Å². The summed E-state index contributed by atoms with van der Waals surface area (Å²) in [7, 11) is 1.64. The van der Waals surface area contributed by atoms with Gasteiger partial charge in [-0.2, -0.15) is 0 Å². The van der Waals surface area contributed by atoms with Gasteiger partial charge in [0.25, 0.3) is 0 Å². The summed E-state index contributed by atoms with van der Waals surface area (Å²) in [5.41, 5.74) is 2.91. The van der Waals surface area contributed by atoms with Gasteiger partial charge in [0.05, 0.1) is 18.3 Å². The third-order valence-corrected chi connectivity index (χ3v) is 10.1. The van der Waals surface area contributed by atoms with Gasteiger partial charge in [0.15, 0.2) is 0 Å². The minimum absolute atomic E-state index is 0.0116. The highest BCUT2D eigenvalue weighted by molar-refractivity contribution is 5.96. The van der Waals surface area contributed by atoms with Gasteiger partial charge in [-0.1, -0.05) is 78.0 Å². The van der Waals surface area contributed by atoms with Crippen LogP contribution in [0.15, 0.2) is 91.1 Å². The summed E-state index contributed by atoms with van der Waals surface area (Å²) in [5.74, 6) is -2.83. The predicted molar refractivity (Wildman–Crippen MR) is 201 cm³/mol. The number of aromatic nitrogens is 3. The molecule has 3 aliphatic rings. The fourth-order valence-electron chi connectivity index (χ4n) is 6.81. The maximum Gasteiger partial charge on any atom is 0.326 e. The Morgan fingerprint density at radius 3 is 2.31 bits per heavy atom. The number of hydrogen-bond donors (Lipinski definition) is 5. The number of carboxylic acid groups (broad SMARTS) is 1. The number of amides is 4. The van der Waals surface area contributed by atoms with Gasteiger partial charge in [-0.3, -0.25) is 19.2 Å². The van der Waals surface area contributed by atoms with Crippen LogP contribution in [0.5, 0.6) is 5.75 Å². The number of benzene rings is 3. The monoisotopic (exact) mass is 750 g/mol. The molecular weight excluding hydrogens is 704 g/mol. The molecule has 6 atom stereocenters. The van der Waals surface area contributed by atoms with Crippen LogP contribution >= 0.6 is 0 Å². The highest BCUT2D eigenvalue weighted by Crippen LogP contribution is 2.29. The minimum Gasteiger partial charge on any atom is -0.487 e. The van der Waals surface area contributed by atoms with Gasteiger partial charge < -0.3 is 36.0 Å². The lowest BCUT2D eigenvalue weighted by atomic mass is 10.0. The molecule has 4 aromatic rings. The molecule has 1 saturated heterocycles. The lowest BCUT2D eigenvalue weighted by molar-refractivity contribution is -0.143. The Hall–Kier alpha value is -6.09. The fraction of sp³-hybridized carbons (Fsp3) is 0.375. The molecule has 15 nitrogen and oxygen atoms in total. The third-order valence-electron chi connectivity index (χ3n) is 10.1. The van der Waals surface area contributed by atoms with Gasteiger partial charge in [0.2, 0.25) is 23.6 Å². The molecule has 4 heterocycles. The van der Waals surface area contributed by atoms with Crippen molar-refractivity contribution in [1.82, 2.24) is 41.2 Å². The molecule has 3 aliphatic heterocycles. The average molecular weight is 751 g/mol. The highest BCUT2D eigenvalue weighted by atomic mass is 16.5. The number of ether oxygens (including phenoxy) is 1. The van der Waals surface area contributed by atoms with E-state index in [1.54, 1.807) is 49.1 Å². The van der Waals surface area contributed by atoms with E-state index in [9.17, 15) is 29.1 Å². The van der Waals surface area contributed by atoms with Crippen LogP contribution in [0.2, 0.25) is 0 Å². The van der Waals surface area contributed by atoms with Crippen LogP contribution in [0.3, 0.4) is 0 Å². The first-order chi connectivity index (χ1) is 26.6. The fourth-order valence-corrected chi connectivity index (χ4v) is 6.81. The predicted octanol–water partition coefficient (Wildman–Crippen LogP) is 1.58. The Balaban J connectivity index is 1.35. The second-order valence-corrected chi connectivity index (χ2v) is 14.0. The van der Waals surface area contributed by atoms with E-state index in [0.29, 0.717) is 23.4 Å². The molecule has 1 aromatic heterocycles. The van der Waals surface area contributed by atoms with E-state index in [0.717, 1.165) is 11.1 Å². The van der Waals surface area contributed by atoms with Crippen LogP contribution in [0, 0.1) is 0 Å². The molecule has 288 valence electrons. The largest absolute Gasteiger partial charge is 0.487 e. The summed E-state index contributed by atoms with van der Waals surface area (Å²) in [6.45, 7) is 1.83. The van der Waals surface area contributed by atoms with Crippen LogP contribution in [0.25, 0.3) is 0 Å². The van der Waals surface area contributed by atoms with E-state index in [2.05, 4.69) is 31.6 Å². The topological polar surface area (TPSA) is 197 Å². The zero-order valence-electron chi connectivity index (χ0n) is 30.8. The molecule has 5 N–H and O–H groups in total. The smallest absolute Gasteiger partial charge is 0.326 e. The number of nitrogens with zero attached hydrogens (tertiary/aromatic N) is 4. The molecule has 1 fully saturated rings. The summed E-state index contributed by atoms with van der Waals surface area (Å²) in [5, 5.41) is 30.0. The molecule has 4 amide bonds. The summed E-state index contributed by atoms with van der Waals surface area (Å²) >= 11 is 0. The number of likely N-dealkylation sites (tertiary alicyclic amines) is 1. The second-order valence-electron chi connectivity index (χ2n) is 14.0. The molecule has 55 heavy (non-hydrogen) atoms. The molecule has 0 radical (unpaired) electrons. The number of aliphatic carboxylic acids is 1. The molecule has 0 saturated carbocycles. The number of carboxylic acids is 1. The summed E-state index contributed by atoms with van der Waals surface area (Å²) in [6.07, 6.45) is 2.56. The summed E-state index contributed by atoms with van der Waals surface area (Å²) in [6, 6.07) is 20.0. The van der Waals surface area contributed by atoms with E-state index in [-0.39, 0.29) is 44.7 Å². The Morgan fingerprint density at radius 1 is 0.945 bits per heavy atom. The molecule has 3 aromatic carbocycles.